The molecule has 3 heteroatoms. The highest BCUT2D eigenvalue weighted by Gasteiger charge is 2.19. The highest BCUT2D eigenvalue weighted by molar-refractivity contribution is 5.46. The summed E-state index contributed by atoms with van der Waals surface area (Å²) in [5.74, 6) is 2.15. The van der Waals surface area contributed by atoms with Crippen molar-refractivity contribution in [2.45, 2.75) is 33.1 Å². The van der Waals surface area contributed by atoms with Crippen LogP contribution in [0.5, 0.6) is 11.5 Å². The van der Waals surface area contributed by atoms with Crippen LogP contribution in [-0.2, 0) is 0 Å². The molecule has 24 heavy (non-hydrogen) atoms. The SMILES string of the molecule is CCC(c1ccccc1OC)c1ccccc1OC.CCNCC. The zero-order chi connectivity index (χ0) is 17.8. The van der Waals surface area contributed by atoms with Crippen molar-refractivity contribution >= 4 is 0 Å². The van der Waals surface area contributed by atoms with Gasteiger partial charge in [0.1, 0.15) is 11.5 Å². The molecule has 0 unspecified atom stereocenters. The number of hydrogen-bond acceptors (Lipinski definition) is 3. The molecule has 0 fully saturated rings. The summed E-state index contributed by atoms with van der Waals surface area (Å²) in [5.41, 5.74) is 2.41. The Balaban J connectivity index is 0.000000505. The van der Waals surface area contributed by atoms with Crippen LogP contribution >= 0.6 is 0 Å². The molecule has 0 aliphatic carbocycles. The fourth-order valence-electron chi connectivity index (χ4n) is 2.77. The molecule has 0 aliphatic heterocycles. The van der Waals surface area contributed by atoms with E-state index in [4.69, 9.17) is 9.47 Å². The highest BCUT2D eigenvalue weighted by atomic mass is 16.5. The van der Waals surface area contributed by atoms with E-state index in [9.17, 15) is 0 Å². The van der Waals surface area contributed by atoms with Crippen molar-refractivity contribution < 1.29 is 9.47 Å². The topological polar surface area (TPSA) is 30.5 Å². The third kappa shape index (κ3) is 5.57. The van der Waals surface area contributed by atoms with E-state index in [0.29, 0.717) is 0 Å². The molecule has 0 aliphatic rings. The maximum absolute atomic E-state index is 5.48. The fraction of sp³-hybridized carbons (Fsp3) is 0.429. The summed E-state index contributed by atoms with van der Waals surface area (Å²) < 4.78 is 11.0. The average molecular weight is 329 g/mol. The van der Waals surface area contributed by atoms with Gasteiger partial charge in [-0.1, -0.05) is 57.2 Å². The van der Waals surface area contributed by atoms with Gasteiger partial charge in [0, 0.05) is 17.0 Å². The summed E-state index contributed by atoms with van der Waals surface area (Å²) in [4.78, 5) is 0. The maximum Gasteiger partial charge on any atom is 0.122 e. The van der Waals surface area contributed by atoms with Gasteiger partial charge >= 0.3 is 0 Å². The molecular formula is C21H31NO2. The third-order valence-corrected chi connectivity index (χ3v) is 3.94. The summed E-state index contributed by atoms with van der Waals surface area (Å²) >= 11 is 0. The van der Waals surface area contributed by atoms with Crippen molar-refractivity contribution in [1.29, 1.82) is 0 Å². The molecule has 0 aromatic heterocycles. The Bertz CT molecular complexity index is 534. The van der Waals surface area contributed by atoms with Gasteiger partial charge in [-0.2, -0.15) is 0 Å². The average Bonchev–Trinajstić information content (AvgIpc) is 2.64. The number of hydrogen-bond donors (Lipinski definition) is 1. The van der Waals surface area contributed by atoms with Crippen molar-refractivity contribution in [3.63, 3.8) is 0 Å². The lowest BCUT2D eigenvalue weighted by Gasteiger charge is -2.20. The maximum atomic E-state index is 5.48. The Morgan fingerprint density at radius 1 is 0.750 bits per heavy atom. The van der Waals surface area contributed by atoms with E-state index >= 15 is 0 Å². The Morgan fingerprint density at radius 3 is 1.46 bits per heavy atom. The number of ether oxygens (including phenoxy) is 2. The first-order valence-electron chi connectivity index (χ1n) is 8.69. The lowest BCUT2D eigenvalue weighted by atomic mass is 9.88. The van der Waals surface area contributed by atoms with E-state index in [2.05, 4.69) is 50.4 Å². The molecule has 0 radical (unpaired) electrons. The van der Waals surface area contributed by atoms with Gasteiger partial charge in [0.25, 0.3) is 0 Å². The third-order valence-electron chi connectivity index (χ3n) is 3.94. The fourth-order valence-corrected chi connectivity index (χ4v) is 2.77. The first-order chi connectivity index (χ1) is 11.7. The molecule has 2 aromatic carbocycles. The second-order valence-corrected chi connectivity index (χ2v) is 5.40. The lowest BCUT2D eigenvalue weighted by Crippen LogP contribution is -2.09. The van der Waals surface area contributed by atoms with E-state index < -0.39 is 0 Å². The lowest BCUT2D eigenvalue weighted by molar-refractivity contribution is 0.399. The molecule has 0 bridgehead atoms. The second kappa shape index (κ2) is 11.5. The van der Waals surface area contributed by atoms with E-state index in [1.54, 1.807) is 14.2 Å². The van der Waals surface area contributed by atoms with Crippen LogP contribution in [0.3, 0.4) is 0 Å². The van der Waals surface area contributed by atoms with Crippen LogP contribution in [0.15, 0.2) is 48.5 Å². The smallest absolute Gasteiger partial charge is 0.122 e. The number of methoxy groups -OCH3 is 2. The van der Waals surface area contributed by atoms with Gasteiger partial charge in [0.2, 0.25) is 0 Å². The Labute approximate surface area is 147 Å². The molecular weight excluding hydrogens is 298 g/mol. The molecule has 2 aromatic rings. The zero-order valence-electron chi connectivity index (χ0n) is 15.6. The van der Waals surface area contributed by atoms with E-state index in [1.165, 1.54) is 11.1 Å². The van der Waals surface area contributed by atoms with Gasteiger partial charge in [-0.15, -0.1) is 0 Å². The Kier molecular flexibility index (Phi) is 9.62. The van der Waals surface area contributed by atoms with Gasteiger partial charge in [-0.3, -0.25) is 0 Å². The van der Waals surface area contributed by atoms with Crippen LogP contribution in [0, 0.1) is 0 Å². The van der Waals surface area contributed by atoms with E-state index in [1.807, 2.05) is 24.3 Å². The van der Waals surface area contributed by atoms with Crippen molar-refractivity contribution in [2.75, 3.05) is 27.3 Å². The summed E-state index contributed by atoms with van der Waals surface area (Å²) in [7, 11) is 3.43. The molecule has 3 nitrogen and oxygen atoms in total. The second-order valence-electron chi connectivity index (χ2n) is 5.40. The van der Waals surface area contributed by atoms with Crippen molar-refractivity contribution in [3.05, 3.63) is 59.7 Å². The monoisotopic (exact) mass is 329 g/mol. The van der Waals surface area contributed by atoms with Crippen LogP contribution < -0.4 is 14.8 Å². The van der Waals surface area contributed by atoms with Crippen LogP contribution in [0.1, 0.15) is 44.2 Å². The van der Waals surface area contributed by atoms with Gasteiger partial charge in [0.15, 0.2) is 0 Å². The van der Waals surface area contributed by atoms with Crippen molar-refractivity contribution in [1.82, 2.24) is 5.32 Å². The van der Waals surface area contributed by atoms with E-state index in [-0.39, 0.29) is 5.92 Å². The molecule has 1 N–H and O–H groups in total. The number of para-hydroxylation sites is 2. The standard InChI is InChI=1S/C17H20O2.C4H11N/c1-4-13(14-9-5-7-11-16(14)18-2)15-10-6-8-12-17(15)19-3;1-3-5-4-2/h5-13H,4H2,1-3H3;5H,3-4H2,1-2H3. The molecule has 0 spiro atoms. The van der Waals surface area contributed by atoms with Crippen molar-refractivity contribution in [2.24, 2.45) is 0 Å². The summed E-state index contributed by atoms with van der Waals surface area (Å²) in [5, 5.41) is 3.11. The molecule has 0 amide bonds. The number of nitrogens with one attached hydrogen (secondary N) is 1. The Hall–Kier alpha value is -2.00. The summed E-state index contributed by atoms with van der Waals surface area (Å²) in [6.45, 7) is 8.57. The van der Waals surface area contributed by atoms with Gasteiger partial charge in [0.05, 0.1) is 14.2 Å². The molecule has 0 saturated heterocycles. The van der Waals surface area contributed by atoms with E-state index in [0.717, 1.165) is 31.0 Å². The Morgan fingerprint density at radius 2 is 1.17 bits per heavy atom. The molecule has 0 atom stereocenters. The minimum Gasteiger partial charge on any atom is -0.496 e. The van der Waals surface area contributed by atoms with Crippen LogP contribution in [0.2, 0.25) is 0 Å². The summed E-state index contributed by atoms with van der Waals surface area (Å²) in [6, 6.07) is 16.4. The molecule has 2 rings (SSSR count). The predicted molar refractivity (Wildman–Crippen MR) is 102 cm³/mol. The van der Waals surface area contributed by atoms with Crippen LogP contribution in [0.25, 0.3) is 0 Å². The minimum absolute atomic E-state index is 0.285. The number of benzene rings is 2. The van der Waals surface area contributed by atoms with Gasteiger partial charge in [-0.25, -0.2) is 0 Å². The quantitative estimate of drug-likeness (QED) is 0.787. The van der Waals surface area contributed by atoms with Gasteiger partial charge < -0.3 is 14.8 Å². The van der Waals surface area contributed by atoms with Gasteiger partial charge in [-0.05, 0) is 31.6 Å². The minimum atomic E-state index is 0.285. The first kappa shape index (κ1) is 20.0. The molecule has 0 saturated carbocycles. The highest BCUT2D eigenvalue weighted by Crippen LogP contribution is 2.38. The molecule has 132 valence electrons. The van der Waals surface area contributed by atoms with Crippen LogP contribution in [0.4, 0.5) is 0 Å². The largest absolute Gasteiger partial charge is 0.496 e. The van der Waals surface area contributed by atoms with Crippen LogP contribution in [-0.4, -0.2) is 27.3 Å². The first-order valence-corrected chi connectivity index (χ1v) is 8.69. The predicted octanol–water partition coefficient (Wildman–Crippen LogP) is 4.86. The molecule has 0 heterocycles. The van der Waals surface area contributed by atoms with Crippen molar-refractivity contribution in [3.8, 4) is 11.5 Å². The zero-order valence-corrected chi connectivity index (χ0v) is 15.6. The number of rotatable bonds is 7. The summed E-state index contributed by atoms with van der Waals surface area (Å²) in [6.07, 6.45) is 1.00. The normalized spacial score (nSPS) is 10.1.